The van der Waals surface area contributed by atoms with Gasteiger partial charge in [-0.3, -0.25) is 0 Å². The molecule has 7 aromatic rings. The number of fused-ring (bicyclic) bond motifs is 4. The van der Waals surface area contributed by atoms with E-state index >= 15 is 0 Å². The van der Waals surface area contributed by atoms with Crippen molar-refractivity contribution in [3.63, 3.8) is 0 Å². The average molecular weight is 538 g/mol. The molecule has 0 bridgehead atoms. The lowest BCUT2D eigenvalue weighted by atomic mass is 9.95. The molecule has 1 heterocycles. The number of hydrogen-bond donors (Lipinski definition) is 0. The molecule has 0 N–H and O–H groups in total. The number of halogens is 1. The third-order valence-electron chi connectivity index (χ3n) is 7.45. The molecule has 0 fully saturated rings. The second-order valence-electron chi connectivity index (χ2n) is 9.60. The minimum Gasteiger partial charge on any atom is -0.309 e. The van der Waals surface area contributed by atoms with Gasteiger partial charge in [0.15, 0.2) is 0 Å². The first kappa shape index (κ1) is 22.1. The van der Waals surface area contributed by atoms with Crippen molar-refractivity contribution in [2.24, 2.45) is 0 Å². The Labute approximate surface area is 224 Å². The Morgan fingerprint density at radius 3 is 2.11 bits per heavy atom. The standard InChI is InChI=1S/C35H24BrN/c1-23-30(24-8-3-2-4-9-24)17-15-27-21-29(16-19-31(23)27)37-34-13-6-5-12-32(34)33-18-14-26(22-35(33)37)25-10-7-11-28(36)20-25/h2-22H,1H3. The van der Waals surface area contributed by atoms with E-state index in [2.05, 4.69) is 155 Å². The maximum atomic E-state index is 3.63. The third kappa shape index (κ3) is 3.68. The molecule has 0 spiro atoms. The lowest BCUT2D eigenvalue weighted by molar-refractivity contribution is 1.19. The van der Waals surface area contributed by atoms with Gasteiger partial charge in [0.1, 0.15) is 0 Å². The van der Waals surface area contributed by atoms with Gasteiger partial charge in [-0.1, -0.05) is 107 Å². The molecule has 0 saturated heterocycles. The molecule has 37 heavy (non-hydrogen) atoms. The summed E-state index contributed by atoms with van der Waals surface area (Å²) >= 11 is 3.63. The first-order valence-electron chi connectivity index (χ1n) is 12.6. The number of para-hydroxylation sites is 1. The Morgan fingerprint density at radius 2 is 1.24 bits per heavy atom. The van der Waals surface area contributed by atoms with Crippen LogP contribution in [0.5, 0.6) is 0 Å². The summed E-state index contributed by atoms with van der Waals surface area (Å²) in [6, 6.07) is 46.1. The molecular formula is C35H24BrN. The van der Waals surface area contributed by atoms with Gasteiger partial charge in [-0.15, -0.1) is 0 Å². The van der Waals surface area contributed by atoms with Crippen LogP contribution in [0.15, 0.2) is 132 Å². The predicted molar refractivity (Wildman–Crippen MR) is 162 cm³/mol. The fourth-order valence-corrected chi connectivity index (χ4v) is 6.04. The van der Waals surface area contributed by atoms with Gasteiger partial charge in [0.25, 0.3) is 0 Å². The molecule has 0 atom stereocenters. The summed E-state index contributed by atoms with van der Waals surface area (Å²) in [5.74, 6) is 0. The van der Waals surface area contributed by atoms with Crippen molar-refractivity contribution in [2.45, 2.75) is 6.92 Å². The van der Waals surface area contributed by atoms with Crippen LogP contribution in [0.2, 0.25) is 0 Å². The fraction of sp³-hybridized carbons (Fsp3) is 0.0286. The van der Waals surface area contributed by atoms with Crippen molar-refractivity contribution in [3.8, 4) is 27.9 Å². The summed E-state index contributed by atoms with van der Waals surface area (Å²) in [6.07, 6.45) is 0. The van der Waals surface area contributed by atoms with Gasteiger partial charge < -0.3 is 4.57 Å². The highest BCUT2D eigenvalue weighted by Gasteiger charge is 2.14. The van der Waals surface area contributed by atoms with Crippen LogP contribution in [0, 0.1) is 6.92 Å². The maximum Gasteiger partial charge on any atom is 0.0547 e. The summed E-state index contributed by atoms with van der Waals surface area (Å²) in [5.41, 5.74) is 9.89. The summed E-state index contributed by atoms with van der Waals surface area (Å²) < 4.78 is 3.50. The number of hydrogen-bond acceptors (Lipinski definition) is 0. The largest absolute Gasteiger partial charge is 0.309 e. The summed E-state index contributed by atoms with van der Waals surface area (Å²) in [7, 11) is 0. The SMILES string of the molecule is Cc1c(-c2ccccc2)ccc2cc(-n3c4ccccc4c4ccc(-c5cccc(Br)c5)cc43)ccc12. The highest BCUT2D eigenvalue weighted by molar-refractivity contribution is 9.10. The Balaban J connectivity index is 1.45. The minimum absolute atomic E-state index is 1.09. The molecule has 0 aliphatic carbocycles. The van der Waals surface area contributed by atoms with Crippen molar-refractivity contribution in [1.29, 1.82) is 0 Å². The number of nitrogens with zero attached hydrogens (tertiary/aromatic N) is 1. The van der Waals surface area contributed by atoms with Crippen LogP contribution in [-0.4, -0.2) is 4.57 Å². The normalized spacial score (nSPS) is 11.5. The average Bonchev–Trinajstić information content (AvgIpc) is 3.27. The van der Waals surface area contributed by atoms with Crippen LogP contribution in [0.3, 0.4) is 0 Å². The topological polar surface area (TPSA) is 4.93 Å². The van der Waals surface area contributed by atoms with Gasteiger partial charge in [-0.05, 0) is 81.9 Å². The Hall–Kier alpha value is -4.14. The third-order valence-corrected chi connectivity index (χ3v) is 7.94. The zero-order valence-electron chi connectivity index (χ0n) is 20.4. The van der Waals surface area contributed by atoms with E-state index in [0.29, 0.717) is 0 Å². The molecule has 1 nitrogen and oxygen atoms in total. The highest BCUT2D eigenvalue weighted by Crippen LogP contribution is 2.37. The van der Waals surface area contributed by atoms with E-state index in [1.165, 1.54) is 66.1 Å². The monoisotopic (exact) mass is 537 g/mol. The van der Waals surface area contributed by atoms with Crippen molar-refractivity contribution in [1.82, 2.24) is 4.57 Å². The van der Waals surface area contributed by atoms with Crippen LogP contribution in [0.1, 0.15) is 5.56 Å². The van der Waals surface area contributed by atoms with Gasteiger partial charge in [-0.25, -0.2) is 0 Å². The quantitative estimate of drug-likeness (QED) is 0.211. The molecule has 2 heteroatoms. The van der Waals surface area contributed by atoms with Gasteiger partial charge in [-0.2, -0.15) is 0 Å². The van der Waals surface area contributed by atoms with Crippen LogP contribution in [-0.2, 0) is 0 Å². The summed E-state index contributed by atoms with van der Waals surface area (Å²) in [4.78, 5) is 0. The van der Waals surface area contributed by atoms with Crippen molar-refractivity contribution in [2.75, 3.05) is 0 Å². The van der Waals surface area contributed by atoms with E-state index in [1.54, 1.807) is 0 Å². The van der Waals surface area contributed by atoms with Gasteiger partial charge in [0.2, 0.25) is 0 Å². The van der Waals surface area contributed by atoms with Gasteiger partial charge in [0.05, 0.1) is 11.0 Å². The van der Waals surface area contributed by atoms with E-state index in [9.17, 15) is 0 Å². The van der Waals surface area contributed by atoms with Crippen LogP contribution < -0.4 is 0 Å². The summed E-state index contributed by atoms with van der Waals surface area (Å²) in [5, 5.41) is 5.09. The minimum atomic E-state index is 1.09. The molecule has 176 valence electrons. The smallest absolute Gasteiger partial charge is 0.0547 e. The maximum absolute atomic E-state index is 3.63. The van der Waals surface area contributed by atoms with Crippen LogP contribution in [0.25, 0.3) is 60.5 Å². The fourth-order valence-electron chi connectivity index (χ4n) is 5.64. The number of aryl methyl sites for hydroxylation is 1. The second-order valence-corrected chi connectivity index (χ2v) is 10.5. The molecule has 0 radical (unpaired) electrons. The Bertz CT molecular complexity index is 1950. The first-order chi connectivity index (χ1) is 18.2. The number of benzene rings is 6. The predicted octanol–water partition coefficient (Wildman–Crippen LogP) is 10.3. The molecule has 0 amide bonds. The molecule has 6 aromatic carbocycles. The zero-order valence-corrected chi connectivity index (χ0v) is 22.0. The molecular weight excluding hydrogens is 514 g/mol. The van der Waals surface area contributed by atoms with E-state index in [4.69, 9.17) is 0 Å². The lowest BCUT2D eigenvalue weighted by Crippen LogP contribution is -1.95. The van der Waals surface area contributed by atoms with Gasteiger partial charge >= 0.3 is 0 Å². The molecule has 0 aliphatic heterocycles. The number of rotatable bonds is 3. The van der Waals surface area contributed by atoms with E-state index in [0.717, 1.165) is 4.47 Å². The van der Waals surface area contributed by atoms with Crippen LogP contribution in [0.4, 0.5) is 0 Å². The molecule has 0 aliphatic rings. The lowest BCUT2D eigenvalue weighted by Gasteiger charge is -2.13. The van der Waals surface area contributed by atoms with E-state index < -0.39 is 0 Å². The first-order valence-corrected chi connectivity index (χ1v) is 13.3. The molecule has 0 saturated carbocycles. The highest BCUT2D eigenvalue weighted by atomic mass is 79.9. The van der Waals surface area contributed by atoms with Crippen molar-refractivity contribution in [3.05, 3.63) is 137 Å². The van der Waals surface area contributed by atoms with Crippen LogP contribution >= 0.6 is 15.9 Å². The molecule has 7 rings (SSSR count). The van der Waals surface area contributed by atoms with Crippen molar-refractivity contribution < 1.29 is 0 Å². The Kier molecular flexibility index (Phi) is 5.23. The number of aromatic nitrogens is 1. The van der Waals surface area contributed by atoms with E-state index in [-0.39, 0.29) is 0 Å². The zero-order chi connectivity index (χ0) is 24.9. The molecule has 1 aromatic heterocycles. The van der Waals surface area contributed by atoms with Gasteiger partial charge in [0, 0.05) is 20.9 Å². The second kappa shape index (κ2) is 8.76. The van der Waals surface area contributed by atoms with E-state index in [1.807, 2.05) is 0 Å². The molecule has 0 unspecified atom stereocenters. The summed E-state index contributed by atoms with van der Waals surface area (Å²) in [6.45, 7) is 2.23. The van der Waals surface area contributed by atoms with Crippen molar-refractivity contribution >= 4 is 48.5 Å². The Morgan fingerprint density at radius 1 is 0.514 bits per heavy atom.